The molecule has 0 saturated carbocycles. The van der Waals surface area contributed by atoms with E-state index in [1.807, 2.05) is 0 Å². The largest absolute Gasteiger partial charge is 0.481 e. The van der Waals surface area contributed by atoms with E-state index in [0.29, 0.717) is 19.5 Å². The molecule has 5 heteroatoms. The summed E-state index contributed by atoms with van der Waals surface area (Å²) >= 11 is 0. The quantitative estimate of drug-likeness (QED) is 0.601. The molecule has 0 spiro atoms. The highest BCUT2D eigenvalue weighted by molar-refractivity contribution is 5.77. The molecule has 1 N–H and O–H groups in total. The van der Waals surface area contributed by atoms with E-state index in [1.54, 1.807) is 11.8 Å². The first kappa shape index (κ1) is 19.9. The predicted molar refractivity (Wildman–Crippen MR) is 85.3 cm³/mol. The van der Waals surface area contributed by atoms with Gasteiger partial charge >= 0.3 is 5.97 Å². The van der Waals surface area contributed by atoms with Crippen LogP contribution in [0.15, 0.2) is 0 Å². The Kier molecular flexibility index (Phi) is 10.9. The number of amides is 1. The number of carboxylic acid groups (broad SMARTS) is 1. The van der Waals surface area contributed by atoms with Crippen molar-refractivity contribution in [2.45, 2.75) is 53.4 Å². The summed E-state index contributed by atoms with van der Waals surface area (Å²) in [5.74, 6) is -1.26. The van der Waals surface area contributed by atoms with E-state index < -0.39 is 11.9 Å². The van der Waals surface area contributed by atoms with E-state index in [1.165, 1.54) is 0 Å². The second kappa shape index (κ2) is 11.5. The van der Waals surface area contributed by atoms with Crippen molar-refractivity contribution in [2.24, 2.45) is 5.92 Å². The first-order chi connectivity index (χ1) is 9.96. The maximum absolute atomic E-state index is 12.2. The molecular weight excluding hydrogens is 268 g/mol. The Balaban J connectivity index is 4.43. The van der Waals surface area contributed by atoms with Crippen LogP contribution in [0.4, 0.5) is 0 Å². The van der Waals surface area contributed by atoms with Crippen molar-refractivity contribution in [3.63, 3.8) is 0 Å². The lowest BCUT2D eigenvalue weighted by atomic mass is 10.1. The molecule has 21 heavy (non-hydrogen) atoms. The molecule has 124 valence electrons. The van der Waals surface area contributed by atoms with Crippen LogP contribution in [0.2, 0.25) is 0 Å². The molecule has 0 aliphatic heterocycles. The van der Waals surface area contributed by atoms with Gasteiger partial charge in [0.2, 0.25) is 5.91 Å². The summed E-state index contributed by atoms with van der Waals surface area (Å²) in [5, 5.41) is 9.03. The van der Waals surface area contributed by atoms with Crippen LogP contribution < -0.4 is 0 Å². The topological polar surface area (TPSA) is 60.9 Å². The number of carbonyl (C=O) groups excluding carboxylic acids is 1. The highest BCUT2D eigenvalue weighted by Crippen LogP contribution is 2.07. The Bertz CT molecular complexity index is 304. The van der Waals surface area contributed by atoms with Gasteiger partial charge in [-0.05, 0) is 32.5 Å². The third kappa shape index (κ3) is 8.71. The Morgan fingerprint density at radius 1 is 1.05 bits per heavy atom. The Morgan fingerprint density at radius 3 is 2.14 bits per heavy atom. The average Bonchev–Trinajstić information content (AvgIpc) is 2.47. The number of unbranched alkanes of at least 4 members (excludes halogenated alkanes) is 1. The van der Waals surface area contributed by atoms with Crippen LogP contribution >= 0.6 is 0 Å². The van der Waals surface area contributed by atoms with Gasteiger partial charge in [-0.25, -0.2) is 0 Å². The van der Waals surface area contributed by atoms with E-state index >= 15 is 0 Å². The molecule has 0 aliphatic carbocycles. The molecule has 0 aromatic rings. The average molecular weight is 300 g/mol. The Hall–Kier alpha value is -1.10. The standard InChI is InChI=1S/C16H32N2O3/c1-5-8-10-15(19)18(13-14(4)16(20)21)12-9-11-17(6-2)7-3/h14H,5-13H2,1-4H3,(H,20,21). The van der Waals surface area contributed by atoms with Crippen LogP contribution in [-0.2, 0) is 9.59 Å². The van der Waals surface area contributed by atoms with Crippen LogP contribution in [0.5, 0.6) is 0 Å². The molecule has 0 fully saturated rings. The molecule has 0 bridgehead atoms. The summed E-state index contributed by atoms with van der Waals surface area (Å²) in [6.45, 7) is 11.9. The van der Waals surface area contributed by atoms with Crippen molar-refractivity contribution in [1.29, 1.82) is 0 Å². The zero-order valence-corrected chi connectivity index (χ0v) is 14.1. The molecule has 1 unspecified atom stereocenters. The SMILES string of the molecule is CCCCC(=O)N(CCCN(CC)CC)CC(C)C(=O)O. The lowest BCUT2D eigenvalue weighted by molar-refractivity contribution is -0.143. The van der Waals surface area contributed by atoms with Crippen molar-refractivity contribution in [3.05, 3.63) is 0 Å². The van der Waals surface area contributed by atoms with E-state index in [0.717, 1.165) is 38.9 Å². The fourth-order valence-electron chi connectivity index (χ4n) is 2.24. The first-order valence-electron chi connectivity index (χ1n) is 8.19. The number of aliphatic carboxylic acids is 1. The molecule has 0 heterocycles. The van der Waals surface area contributed by atoms with Gasteiger partial charge in [-0.3, -0.25) is 9.59 Å². The highest BCUT2D eigenvalue weighted by atomic mass is 16.4. The van der Waals surface area contributed by atoms with Crippen molar-refractivity contribution in [3.8, 4) is 0 Å². The Labute approximate surface area is 129 Å². The summed E-state index contributed by atoms with van der Waals surface area (Å²) in [7, 11) is 0. The van der Waals surface area contributed by atoms with Crippen LogP contribution in [0.3, 0.4) is 0 Å². The van der Waals surface area contributed by atoms with Crippen LogP contribution in [-0.4, -0.2) is 59.5 Å². The molecule has 5 nitrogen and oxygen atoms in total. The maximum atomic E-state index is 12.2. The van der Waals surface area contributed by atoms with Crippen molar-refractivity contribution in [1.82, 2.24) is 9.80 Å². The molecule has 0 radical (unpaired) electrons. The lowest BCUT2D eigenvalue weighted by Crippen LogP contribution is -2.38. The van der Waals surface area contributed by atoms with Gasteiger partial charge in [-0.2, -0.15) is 0 Å². The summed E-state index contributed by atoms with van der Waals surface area (Å²) in [6.07, 6.45) is 3.26. The second-order valence-corrected chi connectivity index (χ2v) is 5.56. The normalized spacial score (nSPS) is 12.4. The van der Waals surface area contributed by atoms with Gasteiger partial charge in [0.15, 0.2) is 0 Å². The summed E-state index contributed by atoms with van der Waals surface area (Å²) in [4.78, 5) is 27.2. The predicted octanol–water partition coefficient (Wildman–Crippen LogP) is 2.46. The molecule has 1 atom stereocenters. The van der Waals surface area contributed by atoms with E-state index in [9.17, 15) is 9.59 Å². The van der Waals surface area contributed by atoms with Crippen LogP contribution in [0.1, 0.15) is 53.4 Å². The second-order valence-electron chi connectivity index (χ2n) is 5.56. The minimum absolute atomic E-state index is 0.0875. The maximum Gasteiger partial charge on any atom is 0.308 e. The number of hydrogen-bond acceptors (Lipinski definition) is 3. The number of carbonyl (C=O) groups is 2. The Morgan fingerprint density at radius 2 is 1.67 bits per heavy atom. The van der Waals surface area contributed by atoms with Crippen molar-refractivity contribution < 1.29 is 14.7 Å². The third-order valence-corrected chi connectivity index (χ3v) is 3.81. The zero-order chi connectivity index (χ0) is 16.3. The van der Waals surface area contributed by atoms with Gasteiger partial charge in [-0.15, -0.1) is 0 Å². The molecule has 0 aliphatic rings. The van der Waals surface area contributed by atoms with Gasteiger partial charge in [0.25, 0.3) is 0 Å². The minimum atomic E-state index is -0.841. The number of rotatable bonds is 12. The molecule has 1 amide bonds. The molecule has 0 saturated heterocycles. The van der Waals surface area contributed by atoms with Crippen molar-refractivity contribution in [2.75, 3.05) is 32.7 Å². The monoisotopic (exact) mass is 300 g/mol. The van der Waals surface area contributed by atoms with Gasteiger partial charge in [0, 0.05) is 19.5 Å². The smallest absolute Gasteiger partial charge is 0.308 e. The summed E-state index contributed by atoms with van der Waals surface area (Å²) < 4.78 is 0. The molecule has 0 aromatic heterocycles. The van der Waals surface area contributed by atoms with Crippen LogP contribution in [0, 0.1) is 5.92 Å². The third-order valence-electron chi connectivity index (χ3n) is 3.81. The number of hydrogen-bond donors (Lipinski definition) is 1. The zero-order valence-electron chi connectivity index (χ0n) is 14.1. The molecular formula is C16H32N2O3. The van der Waals surface area contributed by atoms with Crippen molar-refractivity contribution >= 4 is 11.9 Å². The molecule has 0 aromatic carbocycles. The van der Waals surface area contributed by atoms with E-state index in [4.69, 9.17) is 5.11 Å². The van der Waals surface area contributed by atoms with Gasteiger partial charge in [0.05, 0.1) is 5.92 Å². The van der Waals surface area contributed by atoms with Gasteiger partial charge in [0.1, 0.15) is 0 Å². The van der Waals surface area contributed by atoms with E-state index in [2.05, 4.69) is 25.7 Å². The van der Waals surface area contributed by atoms with Gasteiger partial charge in [-0.1, -0.05) is 34.1 Å². The van der Waals surface area contributed by atoms with E-state index in [-0.39, 0.29) is 5.91 Å². The lowest BCUT2D eigenvalue weighted by Gasteiger charge is -2.26. The minimum Gasteiger partial charge on any atom is -0.481 e. The fraction of sp³-hybridized carbons (Fsp3) is 0.875. The summed E-state index contributed by atoms with van der Waals surface area (Å²) in [5.41, 5.74) is 0. The number of nitrogens with zero attached hydrogens (tertiary/aromatic N) is 2. The first-order valence-corrected chi connectivity index (χ1v) is 8.19. The molecule has 0 rings (SSSR count). The highest BCUT2D eigenvalue weighted by Gasteiger charge is 2.20. The summed E-state index contributed by atoms with van der Waals surface area (Å²) in [6, 6.07) is 0. The van der Waals surface area contributed by atoms with Crippen LogP contribution in [0.25, 0.3) is 0 Å². The fourth-order valence-corrected chi connectivity index (χ4v) is 2.24. The number of carboxylic acids is 1. The van der Waals surface area contributed by atoms with Gasteiger partial charge < -0.3 is 14.9 Å².